The average molecular weight is 295 g/mol. The molecule has 0 aromatic heterocycles. The summed E-state index contributed by atoms with van der Waals surface area (Å²) in [6, 6.07) is 0.739. The standard InChI is InChI=1S/C16H29N3O2/c1-16(2,3)21-15(20)19-10-12-8-14(9-13(12)11-19)18-6-4-17-5-7-18/h12-14,17H,4-11H2,1-3H3/t12-,13+,14?. The number of nitrogens with zero attached hydrogens (tertiary/aromatic N) is 2. The number of likely N-dealkylation sites (tertiary alicyclic amines) is 1. The van der Waals surface area contributed by atoms with Gasteiger partial charge in [-0.1, -0.05) is 0 Å². The van der Waals surface area contributed by atoms with Gasteiger partial charge in [-0.05, 0) is 45.4 Å². The molecule has 5 nitrogen and oxygen atoms in total. The largest absolute Gasteiger partial charge is 0.444 e. The third-order valence-corrected chi connectivity index (χ3v) is 5.05. The maximum Gasteiger partial charge on any atom is 0.410 e. The lowest BCUT2D eigenvalue weighted by Crippen LogP contribution is -2.48. The number of carbonyl (C=O) groups is 1. The van der Waals surface area contributed by atoms with Crippen molar-refractivity contribution in [2.45, 2.75) is 45.3 Å². The van der Waals surface area contributed by atoms with Gasteiger partial charge in [0, 0.05) is 45.3 Å². The molecule has 3 aliphatic rings. The van der Waals surface area contributed by atoms with Crippen LogP contribution in [0.1, 0.15) is 33.6 Å². The molecule has 2 saturated heterocycles. The first-order valence-corrected chi connectivity index (χ1v) is 8.35. The van der Waals surface area contributed by atoms with Gasteiger partial charge in [0.1, 0.15) is 5.60 Å². The van der Waals surface area contributed by atoms with Crippen LogP contribution in [0.2, 0.25) is 0 Å². The Kier molecular flexibility index (Phi) is 4.14. The topological polar surface area (TPSA) is 44.8 Å². The zero-order valence-corrected chi connectivity index (χ0v) is 13.6. The molecule has 0 aromatic rings. The second-order valence-electron chi connectivity index (χ2n) is 7.82. The number of piperazine rings is 1. The predicted molar refractivity (Wildman–Crippen MR) is 82.3 cm³/mol. The van der Waals surface area contributed by atoms with Crippen LogP contribution in [-0.2, 0) is 4.74 Å². The minimum atomic E-state index is -0.391. The molecule has 0 radical (unpaired) electrons. The van der Waals surface area contributed by atoms with Gasteiger partial charge in [-0.15, -0.1) is 0 Å². The Morgan fingerprint density at radius 1 is 1.10 bits per heavy atom. The molecule has 1 aliphatic carbocycles. The van der Waals surface area contributed by atoms with Gasteiger partial charge in [0.25, 0.3) is 0 Å². The van der Waals surface area contributed by atoms with Gasteiger partial charge in [-0.2, -0.15) is 0 Å². The highest BCUT2D eigenvalue weighted by atomic mass is 16.6. The first-order valence-electron chi connectivity index (χ1n) is 8.35. The van der Waals surface area contributed by atoms with Gasteiger partial charge in [-0.3, -0.25) is 4.90 Å². The van der Waals surface area contributed by atoms with E-state index in [1.54, 1.807) is 0 Å². The first-order chi connectivity index (χ1) is 9.92. The molecule has 0 aromatic carbocycles. The Morgan fingerprint density at radius 2 is 1.67 bits per heavy atom. The van der Waals surface area contributed by atoms with Crippen LogP contribution in [0.3, 0.4) is 0 Å². The van der Waals surface area contributed by atoms with Gasteiger partial charge in [0.15, 0.2) is 0 Å². The third kappa shape index (κ3) is 3.51. The van der Waals surface area contributed by atoms with Crippen molar-refractivity contribution in [3.63, 3.8) is 0 Å². The highest BCUT2D eigenvalue weighted by Crippen LogP contribution is 2.40. The Balaban J connectivity index is 1.50. The number of amides is 1. The molecule has 5 heteroatoms. The zero-order chi connectivity index (χ0) is 15.0. The lowest BCUT2D eigenvalue weighted by atomic mass is 10.0. The second-order valence-corrected chi connectivity index (χ2v) is 7.82. The van der Waals surface area contributed by atoms with Crippen LogP contribution in [0.15, 0.2) is 0 Å². The van der Waals surface area contributed by atoms with Crippen molar-refractivity contribution in [2.75, 3.05) is 39.3 Å². The molecule has 3 atom stereocenters. The molecule has 0 spiro atoms. The number of hydrogen-bond acceptors (Lipinski definition) is 4. The molecule has 0 bridgehead atoms. The fourth-order valence-corrected chi connectivity index (χ4v) is 4.09. The summed E-state index contributed by atoms with van der Waals surface area (Å²) in [7, 11) is 0. The van der Waals surface area contributed by atoms with Crippen molar-refractivity contribution in [1.82, 2.24) is 15.1 Å². The Hall–Kier alpha value is -0.810. The van der Waals surface area contributed by atoms with Gasteiger partial charge >= 0.3 is 6.09 Å². The van der Waals surface area contributed by atoms with E-state index in [2.05, 4.69) is 10.2 Å². The summed E-state index contributed by atoms with van der Waals surface area (Å²) in [5.74, 6) is 1.36. The zero-order valence-electron chi connectivity index (χ0n) is 13.6. The maximum absolute atomic E-state index is 12.2. The quantitative estimate of drug-likeness (QED) is 0.797. The summed E-state index contributed by atoms with van der Waals surface area (Å²) in [6.07, 6.45) is 2.38. The first kappa shape index (κ1) is 15.1. The molecule has 21 heavy (non-hydrogen) atoms. The SMILES string of the molecule is CC(C)(C)OC(=O)N1C[C@H]2CC(N3CCNCC3)C[C@H]2C1. The molecule has 3 rings (SSSR count). The van der Waals surface area contributed by atoms with Crippen molar-refractivity contribution in [2.24, 2.45) is 11.8 Å². The Labute approximate surface area is 128 Å². The summed E-state index contributed by atoms with van der Waals surface area (Å²) < 4.78 is 5.50. The normalized spacial score (nSPS) is 34.0. The van der Waals surface area contributed by atoms with E-state index in [1.807, 2.05) is 25.7 Å². The number of fused-ring (bicyclic) bond motifs is 1. The van der Waals surface area contributed by atoms with E-state index in [-0.39, 0.29) is 6.09 Å². The highest BCUT2D eigenvalue weighted by molar-refractivity contribution is 5.68. The minimum absolute atomic E-state index is 0.129. The number of rotatable bonds is 1. The molecular weight excluding hydrogens is 266 g/mol. The molecule has 1 saturated carbocycles. The highest BCUT2D eigenvalue weighted by Gasteiger charge is 2.44. The van der Waals surface area contributed by atoms with Crippen LogP contribution < -0.4 is 5.32 Å². The van der Waals surface area contributed by atoms with E-state index in [0.717, 1.165) is 32.2 Å². The lowest BCUT2D eigenvalue weighted by Gasteiger charge is -2.33. The van der Waals surface area contributed by atoms with Gasteiger partial charge in [-0.25, -0.2) is 4.79 Å². The smallest absolute Gasteiger partial charge is 0.410 e. The van der Waals surface area contributed by atoms with Gasteiger partial charge in [0.05, 0.1) is 0 Å². The molecule has 1 unspecified atom stereocenters. The Bertz CT molecular complexity index is 373. The van der Waals surface area contributed by atoms with Crippen LogP contribution in [0.25, 0.3) is 0 Å². The molecular formula is C16H29N3O2. The Morgan fingerprint density at radius 3 is 2.19 bits per heavy atom. The molecule has 120 valence electrons. The molecule has 1 N–H and O–H groups in total. The van der Waals surface area contributed by atoms with Crippen molar-refractivity contribution in [1.29, 1.82) is 0 Å². The fraction of sp³-hybridized carbons (Fsp3) is 0.938. The van der Waals surface area contributed by atoms with Gasteiger partial charge in [0.2, 0.25) is 0 Å². The summed E-state index contributed by atoms with van der Waals surface area (Å²) in [6.45, 7) is 12.2. The van der Waals surface area contributed by atoms with E-state index in [0.29, 0.717) is 11.8 Å². The number of ether oxygens (including phenoxy) is 1. The lowest BCUT2D eigenvalue weighted by molar-refractivity contribution is 0.0273. The summed E-state index contributed by atoms with van der Waals surface area (Å²) in [5.41, 5.74) is -0.391. The second kappa shape index (κ2) is 5.76. The number of nitrogens with one attached hydrogen (secondary N) is 1. The molecule has 2 heterocycles. The monoisotopic (exact) mass is 295 g/mol. The van der Waals surface area contributed by atoms with Crippen LogP contribution >= 0.6 is 0 Å². The van der Waals surface area contributed by atoms with Gasteiger partial charge < -0.3 is 15.0 Å². The molecule has 1 amide bonds. The van der Waals surface area contributed by atoms with Crippen LogP contribution in [0.5, 0.6) is 0 Å². The van der Waals surface area contributed by atoms with Crippen molar-refractivity contribution >= 4 is 6.09 Å². The van der Waals surface area contributed by atoms with E-state index < -0.39 is 5.60 Å². The average Bonchev–Trinajstić information content (AvgIpc) is 2.95. The van der Waals surface area contributed by atoms with Crippen LogP contribution in [0, 0.1) is 11.8 Å². The fourth-order valence-electron chi connectivity index (χ4n) is 4.09. The third-order valence-electron chi connectivity index (χ3n) is 5.05. The summed E-state index contributed by atoms with van der Waals surface area (Å²) >= 11 is 0. The number of carbonyl (C=O) groups excluding carboxylic acids is 1. The van der Waals surface area contributed by atoms with E-state index in [4.69, 9.17) is 4.74 Å². The van der Waals surface area contributed by atoms with Crippen molar-refractivity contribution in [3.05, 3.63) is 0 Å². The number of hydrogen-bond donors (Lipinski definition) is 1. The summed E-state index contributed by atoms with van der Waals surface area (Å²) in [4.78, 5) is 16.7. The molecule has 2 aliphatic heterocycles. The molecule has 3 fully saturated rings. The van der Waals surface area contributed by atoms with Crippen molar-refractivity contribution < 1.29 is 9.53 Å². The van der Waals surface area contributed by atoms with E-state index in [1.165, 1.54) is 25.9 Å². The van der Waals surface area contributed by atoms with Crippen LogP contribution in [0.4, 0.5) is 4.79 Å². The van der Waals surface area contributed by atoms with E-state index in [9.17, 15) is 4.79 Å². The predicted octanol–water partition coefficient (Wildman–Crippen LogP) is 1.54. The van der Waals surface area contributed by atoms with Crippen LogP contribution in [-0.4, -0.2) is 66.8 Å². The van der Waals surface area contributed by atoms with E-state index >= 15 is 0 Å². The minimum Gasteiger partial charge on any atom is -0.444 e. The van der Waals surface area contributed by atoms with Crippen molar-refractivity contribution in [3.8, 4) is 0 Å². The maximum atomic E-state index is 12.2. The summed E-state index contributed by atoms with van der Waals surface area (Å²) in [5, 5.41) is 3.42.